The highest BCUT2D eigenvalue weighted by molar-refractivity contribution is 7.15. The highest BCUT2D eigenvalue weighted by Crippen LogP contribution is 2.32. The van der Waals surface area contributed by atoms with E-state index >= 15 is 0 Å². The minimum Gasteiger partial charge on any atom is -0.300 e. The normalized spacial score (nSPS) is 18.9. The number of hydrogen-bond donors (Lipinski definition) is 1. The Balaban J connectivity index is 1.45. The number of anilines is 1. The number of aromatic nitrogens is 1. The molecule has 1 N–H and O–H groups in total. The molecule has 0 spiro atoms. The highest BCUT2D eigenvalue weighted by atomic mass is 32.1. The van der Waals surface area contributed by atoms with E-state index in [-0.39, 0.29) is 6.54 Å². The van der Waals surface area contributed by atoms with Gasteiger partial charge in [0.2, 0.25) is 5.91 Å². The number of rotatable bonds is 3. The van der Waals surface area contributed by atoms with Gasteiger partial charge in [-0.1, -0.05) is 19.1 Å². The lowest BCUT2D eigenvalue weighted by Gasteiger charge is -2.15. The lowest BCUT2D eigenvalue weighted by molar-refractivity contribution is -0.116. The van der Waals surface area contributed by atoms with Crippen LogP contribution >= 0.6 is 11.3 Å². The summed E-state index contributed by atoms with van der Waals surface area (Å²) in [6, 6.07) is 6.61. The smallest absolute Gasteiger partial charge is 0.262 e. The van der Waals surface area contributed by atoms with Crippen LogP contribution in [0.25, 0.3) is 0 Å². The number of carbonyl (C=O) groups is 3. The molecule has 1 aromatic heterocycles. The van der Waals surface area contributed by atoms with Gasteiger partial charge in [-0.25, -0.2) is 4.98 Å². The maximum atomic E-state index is 12.3. The van der Waals surface area contributed by atoms with Crippen LogP contribution in [0.2, 0.25) is 0 Å². The van der Waals surface area contributed by atoms with Gasteiger partial charge in [0.15, 0.2) is 5.13 Å². The summed E-state index contributed by atoms with van der Waals surface area (Å²) >= 11 is 1.48. The lowest BCUT2D eigenvalue weighted by Crippen LogP contribution is -2.37. The molecular formula is C18H17N3O3S. The third-order valence-corrected chi connectivity index (χ3v) is 5.65. The first-order valence-electron chi connectivity index (χ1n) is 8.26. The van der Waals surface area contributed by atoms with E-state index in [9.17, 15) is 14.4 Å². The summed E-state index contributed by atoms with van der Waals surface area (Å²) in [7, 11) is 0. The molecule has 1 atom stereocenters. The zero-order valence-electron chi connectivity index (χ0n) is 13.7. The van der Waals surface area contributed by atoms with Crippen molar-refractivity contribution in [3.63, 3.8) is 0 Å². The standard InChI is InChI=1S/C18H17N3O3S/c1-10-6-7-13-14(8-10)25-18(19-13)20-15(22)9-21-16(23)11-4-2-3-5-12(11)17(21)24/h2-5,10H,6-9H2,1H3,(H,19,20,22)/t10-/m0/s1. The summed E-state index contributed by atoms with van der Waals surface area (Å²) in [5, 5.41) is 3.27. The number of aryl methyl sites for hydroxylation is 1. The molecule has 25 heavy (non-hydrogen) atoms. The van der Waals surface area contributed by atoms with Gasteiger partial charge in [0, 0.05) is 4.88 Å². The van der Waals surface area contributed by atoms with Crippen LogP contribution in [0.15, 0.2) is 24.3 Å². The van der Waals surface area contributed by atoms with Crippen molar-refractivity contribution in [3.05, 3.63) is 46.0 Å². The van der Waals surface area contributed by atoms with Crippen LogP contribution in [-0.2, 0) is 17.6 Å². The molecule has 2 aromatic rings. The lowest BCUT2D eigenvalue weighted by atomic mass is 9.93. The molecule has 2 aliphatic rings. The van der Waals surface area contributed by atoms with Crippen molar-refractivity contribution < 1.29 is 14.4 Å². The highest BCUT2D eigenvalue weighted by Gasteiger charge is 2.36. The SMILES string of the molecule is C[C@H]1CCc2nc(NC(=O)CN3C(=O)c4ccccc4C3=O)sc2C1. The summed E-state index contributed by atoms with van der Waals surface area (Å²) in [6.07, 6.45) is 3.03. The molecule has 0 radical (unpaired) electrons. The second-order valence-corrected chi connectivity index (χ2v) is 7.61. The minimum atomic E-state index is -0.428. The number of fused-ring (bicyclic) bond motifs is 2. The van der Waals surface area contributed by atoms with Crippen LogP contribution in [0.3, 0.4) is 0 Å². The molecule has 4 rings (SSSR count). The Morgan fingerprint density at radius 2 is 1.96 bits per heavy atom. The zero-order valence-corrected chi connectivity index (χ0v) is 14.6. The van der Waals surface area contributed by atoms with Crippen LogP contribution in [0.1, 0.15) is 44.6 Å². The Bertz CT molecular complexity index is 854. The molecular weight excluding hydrogens is 338 g/mol. The van der Waals surface area contributed by atoms with Crippen LogP contribution in [-0.4, -0.2) is 34.2 Å². The quantitative estimate of drug-likeness (QED) is 0.858. The molecule has 3 amide bonds. The van der Waals surface area contributed by atoms with Crippen LogP contribution in [0.4, 0.5) is 5.13 Å². The number of amides is 3. The molecule has 1 aliphatic heterocycles. The molecule has 7 heteroatoms. The number of hydrogen-bond acceptors (Lipinski definition) is 5. The Morgan fingerprint density at radius 3 is 2.64 bits per heavy atom. The molecule has 0 saturated carbocycles. The summed E-state index contributed by atoms with van der Waals surface area (Å²) in [4.78, 5) is 43.6. The van der Waals surface area contributed by atoms with E-state index in [0.29, 0.717) is 22.2 Å². The zero-order chi connectivity index (χ0) is 17.6. The Hall–Kier alpha value is -2.54. The van der Waals surface area contributed by atoms with Crippen LogP contribution in [0, 0.1) is 5.92 Å². The van der Waals surface area contributed by atoms with Crippen LogP contribution < -0.4 is 5.32 Å². The largest absolute Gasteiger partial charge is 0.300 e. The van der Waals surface area contributed by atoms with Gasteiger partial charge in [-0.15, -0.1) is 11.3 Å². The second kappa shape index (κ2) is 6.07. The molecule has 0 unspecified atom stereocenters. The van der Waals surface area contributed by atoms with Gasteiger partial charge in [-0.2, -0.15) is 0 Å². The van der Waals surface area contributed by atoms with Crippen LogP contribution in [0.5, 0.6) is 0 Å². The van der Waals surface area contributed by atoms with Crippen molar-refractivity contribution in [2.75, 3.05) is 11.9 Å². The Morgan fingerprint density at radius 1 is 1.28 bits per heavy atom. The third-order valence-electron chi connectivity index (χ3n) is 4.61. The fourth-order valence-electron chi connectivity index (χ4n) is 3.28. The fourth-order valence-corrected chi connectivity index (χ4v) is 4.47. The van der Waals surface area contributed by atoms with Gasteiger partial charge in [-0.3, -0.25) is 19.3 Å². The van der Waals surface area contributed by atoms with E-state index in [1.165, 1.54) is 16.2 Å². The van der Waals surface area contributed by atoms with Gasteiger partial charge in [0.25, 0.3) is 11.8 Å². The van der Waals surface area contributed by atoms with E-state index in [1.54, 1.807) is 24.3 Å². The topological polar surface area (TPSA) is 79.4 Å². The molecule has 1 aromatic carbocycles. The first-order valence-corrected chi connectivity index (χ1v) is 9.08. The molecule has 2 heterocycles. The van der Waals surface area contributed by atoms with Gasteiger partial charge < -0.3 is 5.32 Å². The predicted octanol–water partition coefficient (Wildman–Crippen LogP) is 2.50. The number of nitrogens with one attached hydrogen (secondary N) is 1. The molecule has 0 bridgehead atoms. The third kappa shape index (κ3) is 2.84. The van der Waals surface area contributed by atoms with E-state index < -0.39 is 17.7 Å². The summed E-state index contributed by atoms with van der Waals surface area (Å²) in [6.45, 7) is 1.91. The van der Waals surface area contributed by atoms with E-state index in [0.717, 1.165) is 29.9 Å². The van der Waals surface area contributed by atoms with E-state index in [2.05, 4.69) is 17.2 Å². The number of benzene rings is 1. The monoisotopic (exact) mass is 355 g/mol. The first kappa shape index (κ1) is 16.0. The van der Waals surface area contributed by atoms with Gasteiger partial charge in [-0.05, 0) is 37.3 Å². The van der Waals surface area contributed by atoms with Gasteiger partial charge in [0.1, 0.15) is 6.54 Å². The maximum absolute atomic E-state index is 12.3. The molecule has 0 saturated heterocycles. The summed E-state index contributed by atoms with van der Waals surface area (Å²) in [5.74, 6) is -0.630. The molecule has 0 fully saturated rings. The summed E-state index contributed by atoms with van der Waals surface area (Å²) in [5.41, 5.74) is 1.75. The maximum Gasteiger partial charge on any atom is 0.262 e. The molecule has 128 valence electrons. The van der Waals surface area contributed by atoms with E-state index in [1.807, 2.05) is 0 Å². The van der Waals surface area contributed by atoms with Crippen molar-refractivity contribution in [3.8, 4) is 0 Å². The minimum absolute atomic E-state index is 0.299. The average Bonchev–Trinajstić information content (AvgIpc) is 3.09. The Kier molecular flexibility index (Phi) is 3.88. The van der Waals surface area contributed by atoms with Crippen molar-refractivity contribution in [1.29, 1.82) is 0 Å². The Labute approximate surface area is 148 Å². The van der Waals surface area contributed by atoms with Crippen molar-refractivity contribution in [1.82, 2.24) is 9.88 Å². The van der Waals surface area contributed by atoms with Crippen molar-refractivity contribution in [2.45, 2.75) is 26.2 Å². The van der Waals surface area contributed by atoms with Gasteiger partial charge >= 0.3 is 0 Å². The van der Waals surface area contributed by atoms with Crippen molar-refractivity contribution in [2.24, 2.45) is 5.92 Å². The van der Waals surface area contributed by atoms with Gasteiger partial charge in [0.05, 0.1) is 16.8 Å². The fraction of sp³-hybridized carbons (Fsp3) is 0.333. The number of imide groups is 1. The average molecular weight is 355 g/mol. The first-order chi connectivity index (χ1) is 12.0. The predicted molar refractivity (Wildman–Crippen MR) is 93.7 cm³/mol. The molecule has 6 nitrogen and oxygen atoms in total. The van der Waals surface area contributed by atoms with E-state index in [4.69, 9.17) is 0 Å². The summed E-state index contributed by atoms with van der Waals surface area (Å²) < 4.78 is 0. The molecule has 1 aliphatic carbocycles. The number of nitrogens with zero attached hydrogens (tertiary/aromatic N) is 2. The number of thiazole rings is 1. The second-order valence-electron chi connectivity index (χ2n) is 6.53. The van der Waals surface area contributed by atoms with Crippen molar-refractivity contribution >= 4 is 34.2 Å². The number of carbonyl (C=O) groups excluding carboxylic acids is 3.